The highest BCUT2D eigenvalue weighted by molar-refractivity contribution is 6.75. The predicted molar refractivity (Wildman–Crippen MR) is 156 cm³/mol. The number of carboxylic acids is 2. The summed E-state index contributed by atoms with van der Waals surface area (Å²) >= 11 is 0. The Bertz CT molecular complexity index is 968. The fraction of sp³-hybridized carbons (Fsp3) is 0.724. The smallest absolute Gasteiger partial charge is 0.336 e. The molecule has 2 unspecified atom stereocenters. The highest BCUT2D eigenvalue weighted by atomic mass is 28.4. The number of hydrogen-bond acceptors (Lipinski definition) is 5. The summed E-state index contributed by atoms with van der Waals surface area (Å²) in [7, 11) is -4.02. The zero-order valence-electron chi connectivity index (χ0n) is 25.1. The van der Waals surface area contributed by atoms with Gasteiger partial charge in [0.05, 0.1) is 0 Å². The Morgan fingerprint density at radius 3 is 1.74 bits per heavy atom. The van der Waals surface area contributed by atoms with E-state index in [1.807, 2.05) is 0 Å². The molecule has 38 heavy (non-hydrogen) atoms. The number of carbonyl (C=O) groups is 2. The van der Waals surface area contributed by atoms with Gasteiger partial charge in [0, 0.05) is 6.10 Å². The van der Waals surface area contributed by atoms with E-state index in [0.717, 1.165) is 0 Å². The predicted octanol–water partition coefficient (Wildman–Crippen LogP) is 6.71. The lowest BCUT2D eigenvalue weighted by molar-refractivity contribution is -0.185. The topological polar surface area (TPSA) is 113 Å². The summed E-state index contributed by atoms with van der Waals surface area (Å²) < 4.78 is 12.8. The van der Waals surface area contributed by atoms with Crippen molar-refractivity contribution in [2.24, 2.45) is 11.8 Å². The van der Waals surface area contributed by atoms with Crippen molar-refractivity contribution in [1.29, 1.82) is 0 Å². The molecule has 0 bridgehead atoms. The van der Waals surface area contributed by atoms with E-state index >= 15 is 0 Å². The first kappa shape index (κ1) is 32.5. The Morgan fingerprint density at radius 2 is 1.34 bits per heavy atom. The van der Waals surface area contributed by atoms with Gasteiger partial charge in [-0.1, -0.05) is 53.7 Å². The summed E-state index contributed by atoms with van der Waals surface area (Å²) in [6, 6.07) is 7.14. The molecule has 7 nitrogen and oxygen atoms in total. The normalized spacial score (nSPS) is 21.9. The van der Waals surface area contributed by atoms with E-state index in [-0.39, 0.29) is 22.6 Å². The molecule has 1 aromatic carbocycles. The van der Waals surface area contributed by atoms with E-state index < -0.39 is 46.0 Å². The van der Waals surface area contributed by atoms with Crippen molar-refractivity contribution in [3.63, 3.8) is 0 Å². The second-order valence-electron chi connectivity index (χ2n) is 14.1. The van der Waals surface area contributed by atoms with E-state index in [2.05, 4.69) is 67.7 Å². The number of benzene rings is 1. The molecule has 3 N–H and O–H groups in total. The molecule has 1 aliphatic rings. The SMILES string of the molecule is CC(C)(C)[Si](C)(C)Oc1ccc(CC(C(=O)O)C(O)(C(=O)O)[C@H]2CC[C@@H](O[Si](C)(C)C(C)(C)C)CC2)cc1. The van der Waals surface area contributed by atoms with Crippen LogP contribution in [0.5, 0.6) is 5.75 Å². The Labute approximate surface area is 231 Å². The molecule has 1 aromatic rings. The van der Waals surface area contributed by atoms with Crippen LogP contribution in [0.1, 0.15) is 72.8 Å². The van der Waals surface area contributed by atoms with E-state index in [1.54, 1.807) is 24.3 Å². The summed E-state index contributed by atoms with van der Waals surface area (Å²) in [6.07, 6.45) is 1.95. The molecular weight excluding hydrogens is 516 g/mol. The summed E-state index contributed by atoms with van der Waals surface area (Å²) in [6.45, 7) is 21.7. The van der Waals surface area contributed by atoms with Crippen molar-refractivity contribution in [1.82, 2.24) is 0 Å². The summed E-state index contributed by atoms with van der Waals surface area (Å²) in [5.74, 6) is -4.22. The maximum absolute atomic E-state index is 12.5. The van der Waals surface area contributed by atoms with Gasteiger partial charge in [0.2, 0.25) is 8.32 Å². The van der Waals surface area contributed by atoms with Gasteiger partial charge in [0.25, 0.3) is 0 Å². The monoisotopic (exact) mass is 566 g/mol. The van der Waals surface area contributed by atoms with E-state index in [9.17, 15) is 24.9 Å². The molecule has 0 aromatic heterocycles. The third kappa shape index (κ3) is 7.28. The van der Waals surface area contributed by atoms with Gasteiger partial charge in [-0.05, 0) is 92.0 Å². The lowest BCUT2D eigenvalue weighted by Gasteiger charge is -2.44. The summed E-state index contributed by atoms with van der Waals surface area (Å²) in [4.78, 5) is 24.8. The van der Waals surface area contributed by atoms with Crippen LogP contribution in [0.25, 0.3) is 0 Å². The lowest BCUT2D eigenvalue weighted by Crippen LogP contribution is -2.56. The zero-order chi connectivity index (χ0) is 29.3. The summed E-state index contributed by atoms with van der Waals surface area (Å²) in [5.41, 5.74) is -1.72. The molecule has 2 atom stereocenters. The van der Waals surface area contributed by atoms with Gasteiger partial charge in [-0.2, -0.15) is 0 Å². The van der Waals surface area contributed by atoms with Crippen LogP contribution < -0.4 is 4.43 Å². The molecule has 0 spiro atoms. The van der Waals surface area contributed by atoms with Gasteiger partial charge < -0.3 is 24.2 Å². The number of hydrogen-bond donors (Lipinski definition) is 3. The maximum Gasteiger partial charge on any atom is 0.336 e. The van der Waals surface area contributed by atoms with Gasteiger partial charge in [-0.15, -0.1) is 0 Å². The molecule has 1 aliphatic carbocycles. The second kappa shape index (κ2) is 11.4. The molecule has 0 heterocycles. The first-order valence-electron chi connectivity index (χ1n) is 13.8. The molecule has 216 valence electrons. The fourth-order valence-electron chi connectivity index (χ4n) is 4.63. The molecule has 9 heteroatoms. The van der Waals surface area contributed by atoms with Crippen LogP contribution in [0.3, 0.4) is 0 Å². The van der Waals surface area contributed by atoms with E-state index in [4.69, 9.17) is 8.85 Å². The first-order chi connectivity index (χ1) is 17.1. The van der Waals surface area contributed by atoms with Crippen molar-refractivity contribution in [3.8, 4) is 5.75 Å². The molecule has 0 radical (unpaired) electrons. The summed E-state index contributed by atoms with van der Waals surface area (Å²) in [5, 5.41) is 31.8. The third-order valence-corrected chi connectivity index (χ3v) is 18.2. The molecule has 1 saturated carbocycles. The van der Waals surface area contributed by atoms with Gasteiger partial charge in [0.15, 0.2) is 13.9 Å². The number of rotatable bonds is 10. The third-order valence-electron chi connectivity index (χ3n) is 9.28. The van der Waals surface area contributed by atoms with Crippen LogP contribution in [0.2, 0.25) is 36.3 Å². The fourth-order valence-corrected chi connectivity index (χ4v) is 7.08. The van der Waals surface area contributed by atoms with E-state index in [1.165, 1.54) is 0 Å². The van der Waals surface area contributed by atoms with Crippen molar-refractivity contribution >= 4 is 28.6 Å². The number of carboxylic acid groups (broad SMARTS) is 2. The first-order valence-corrected chi connectivity index (χ1v) is 19.6. The van der Waals surface area contributed by atoms with E-state index in [0.29, 0.717) is 37.0 Å². The Balaban J connectivity index is 2.19. The van der Waals surface area contributed by atoms with Crippen molar-refractivity contribution in [2.75, 3.05) is 0 Å². The van der Waals surface area contributed by atoms with Crippen LogP contribution in [0, 0.1) is 11.8 Å². The molecule has 0 amide bonds. The minimum atomic E-state index is -2.37. The molecule has 0 aliphatic heterocycles. The largest absolute Gasteiger partial charge is 0.544 e. The Morgan fingerprint density at radius 1 is 0.868 bits per heavy atom. The standard InChI is InChI=1S/C29H50O7Si2/c1-27(2,3)37(7,8)35-22-15-11-20(12-16-22)19-24(25(30)31)29(34,26(32)33)21-13-17-23(18-14-21)36-38(9,10)28(4,5)6/h11-12,15-16,21,23-24,34H,13-14,17-19H2,1-10H3,(H,30,31)(H,32,33)/t21-,23+,24?,29?. The minimum absolute atomic E-state index is 0.00177. The second-order valence-corrected chi connectivity index (χ2v) is 23.6. The highest BCUT2D eigenvalue weighted by Gasteiger charge is 2.54. The number of aliphatic hydroxyl groups is 1. The average molecular weight is 567 g/mol. The van der Waals surface area contributed by atoms with Crippen LogP contribution in [-0.4, -0.2) is 55.6 Å². The molecular formula is C29H50O7Si2. The zero-order valence-corrected chi connectivity index (χ0v) is 27.1. The highest BCUT2D eigenvalue weighted by Crippen LogP contribution is 2.43. The van der Waals surface area contributed by atoms with Gasteiger partial charge in [0.1, 0.15) is 11.7 Å². The molecule has 1 fully saturated rings. The van der Waals surface area contributed by atoms with Crippen LogP contribution in [0.15, 0.2) is 24.3 Å². The van der Waals surface area contributed by atoms with Crippen molar-refractivity contribution in [3.05, 3.63) is 29.8 Å². The molecule has 0 saturated heterocycles. The van der Waals surface area contributed by atoms with Crippen molar-refractivity contribution in [2.45, 2.75) is 122 Å². The van der Waals surface area contributed by atoms with Crippen LogP contribution >= 0.6 is 0 Å². The Kier molecular flexibility index (Phi) is 9.78. The average Bonchev–Trinajstić information content (AvgIpc) is 2.76. The van der Waals surface area contributed by atoms with Crippen LogP contribution in [0.4, 0.5) is 0 Å². The quantitative estimate of drug-likeness (QED) is 0.270. The maximum atomic E-state index is 12.5. The molecule has 2 rings (SSSR count). The lowest BCUT2D eigenvalue weighted by atomic mass is 9.68. The van der Waals surface area contributed by atoms with Gasteiger partial charge in [-0.3, -0.25) is 4.79 Å². The van der Waals surface area contributed by atoms with Gasteiger partial charge >= 0.3 is 11.9 Å². The minimum Gasteiger partial charge on any atom is -0.544 e. The van der Waals surface area contributed by atoms with Crippen molar-refractivity contribution < 1.29 is 33.8 Å². The Hall–Kier alpha value is -1.69. The van der Waals surface area contributed by atoms with Gasteiger partial charge in [-0.25, -0.2) is 4.79 Å². The number of aliphatic carboxylic acids is 2. The van der Waals surface area contributed by atoms with Crippen LogP contribution in [-0.2, 0) is 20.4 Å².